The van der Waals surface area contributed by atoms with Crippen LogP contribution in [0.5, 0.6) is 0 Å². The predicted molar refractivity (Wildman–Crippen MR) is 78.2 cm³/mol. The maximum atomic E-state index is 12.8. The molecule has 0 bridgehead atoms. The van der Waals surface area contributed by atoms with Crippen molar-refractivity contribution in [2.24, 2.45) is 5.92 Å². The fourth-order valence-corrected chi connectivity index (χ4v) is 2.10. The molecule has 2 rings (SSSR count). The molecule has 0 spiro atoms. The molecule has 1 aromatic rings. The van der Waals surface area contributed by atoms with E-state index in [1.807, 2.05) is 13.8 Å². The van der Waals surface area contributed by atoms with E-state index >= 15 is 0 Å². The summed E-state index contributed by atoms with van der Waals surface area (Å²) in [7, 11) is 0. The van der Waals surface area contributed by atoms with Gasteiger partial charge in [0.25, 0.3) is 0 Å². The van der Waals surface area contributed by atoms with Crippen LogP contribution in [0.2, 0.25) is 0 Å². The van der Waals surface area contributed by atoms with Crippen molar-refractivity contribution in [3.8, 4) is 0 Å². The van der Waals surface area contributed by atoms with Crippen LogP contribution in [0.3, 0.4) is 0 Å². The molecular weight excluding hydrogens is 273 g/mol. The summed E-state index contributed by atoms with van der Waals surface area (Å²) in [6, 6.07) is 5.49. The van der Waals surface area contributed by atoms with Crippen molar-refractivity contribution in [2.75, 3.05) is 25.0 Å². The lowest BCUT2D eigenvalue weighted by Gasteiger charge is -2.34. The van der Waals surface area contributed by atoms with Crippen LogP contribution in [0.4, 0.5) is 10.1 Å². The zero-order chi connectivity index (χ0) is 15.4. The number of benzene rings is 1. The first-order valence-corrected chi connectivity index (χ1v) is 7.04. The minimum Gasteiger partial charge on any atom is -0.331 e. The van der Waals surface area contributed by atoms with E-state index in [9.17, 15) is 14.0 Å². The molecule has 114 valence electrons. The first kappa shape index (κ1) is 15.4. The van der Waals surface area contributed by atoms with Gasteiger partial charge in [0.2, 0.25) is 11.8 Å². The molecule has 0 aliphatic carbocycles. The molecule has 0 saturated carbocycles. The Morgan fingerprint density at radius 1 is 1.33 bits per heavy atom. The maximum absolute atomic E-state index is 12.8. The molecule has 21 heavy (non-hydrogen) atoms. The van der Waals surface area contributed by atoms with Crippen molar-refractivity contribution in [2.45, 2.75) is 19.9 Å². The summed E-state index contributed by atoms with van der Waals surface area (Å²) in [6.07, 6.45) is 0. The van der Waals surface area contributed by atoms with Crippen LogP contribution in [0.25, 0.3) is 0 Å². The lowest BCUT2D eigenvalue weighted by atomic mass is 10.0. The number of anilines is 1. The van der Waals surface area contributed by atoms with Gasteiger partial charge in [-0.2, -0.15) is 0 Å². The first-order valence-electron chi connectivity index (χ1n) is 7.04. The molecule has 5 nitrogen and oxygen atoms in total. The summed E-state index contributed by atoms with van der Waals surface area (Å²) in [6.45, 7) is 5.11. The largest absolute Gasteiger partial charge is 0.331 e. The molecule has 1 aliphatic rings. The van der Waals surface area contributed by atoms with Crippen molar-refractivity contribution in [3.63, 3.8) is 0 Å². The topological polar surface area (TPSA) is 61.4 Å². The summed E-state index contributed by atoms with van der Waals surface area (Å²) in [5.41, 5.74) is 0.517. The average Bonchev–Trinajstić information content (AvgIpc) is 2.36. The third-order valence-electron chi connectivity index (χ3n) is 3.48. The van der Waals surface area contributed by atoms with Gasteiger partial charge in [0, 0.05) is 24.8 Å². The minimum atomic E-state index is -0.357. The fraction of sp³-hybridized carbons (Fsp3) is 0.467. The Morgan fingerprint density at radius 2 is 1.95 bits per heavy atom. The minimum absolute atomic E-state index is 0.00185. The second-order valence-corrected chi connectivity index (χ2v) is 5.47. The van der Waals surface area contributed by atoms with Crippen molar-refractivity contribution in [3.05, 3.63) is 30.1 Å². The molecule has 1 aromatic carbocycles. The van der Waals surface area contributed by atoms with Gasteiger partial charge in [-0.1, -0.05) is 0 Å². The third-order valence-corrected chi connectivity index (χ3v) is 3.48. The van der Waals surface area contributed by atoms with Gasteiger partial charge in [-0.25, -0.2) is 4.39 Å². The average molecular weight is 293 g/mol. The van der Waals surface area contributed by atoms with Crippen molar-refractivity contribution in [1.82, 2.24) is 10.2 Å². The number of amides is 2. The predicted octanol–water partition coefficient (Wildman–Crippen LogP) is 1.22. The van der Waals surface area contributed by atoms with Crippen molar-refractivity contribution in [1.29, 1.82) is 0 Å². The molecule has 1 aliphatic heterocycles. The summed E-state index contributed by atoms with van der Waals surface area (Å²) < 4.78 is 12.8. The Hall–Kier alpha value is -1.95. The molecule has 1 saturated heterocycles. The number of nitrogens with one attached hydrogen (secondary N) is 2. The highest BCUT2D eigenvalue weighted by Gasteiger charge is 2.31. The number of nitrogens with zero attached hydrogens (tertiary/aromatic N) is 1. The standard InChI is InChI=1S/C15H20FN3O2/c1-10(2)19(15(21)11-7-17-8-11)9-14(20)18-13-5-3-12(16)4-6-13/h3-6,10-11,17H,7-9H2,1-2H3,(H,18,20). The molecule has 0 radical (unpaired) electrons. The number of carbonyl (C=O) groups is 2. The van der Waals surface area contributed by atoms with Crippen LogP contribution in [0.1, 0.15) is 13.8 Å². The molecule has 0 aromatic heterocycles. The molecule has 2 amide bonds. The first-order chi connectivity index (χ1) is 9.97. The second-order valence-electron chi connectivity index (χ2n) is 5.47. The quantitative estimate of drug-likeness (QED) is 0.858. The van der Waals surface area contributed by atoms with Gasteiger partial charge in [-0.15, -0.1) is 0 Å². The lowest BCUT2D eigenvalue weighted by Crippen LogP contribution is -2.54. The Morgan fingerprint density at radius 3 is 2.43 bits per heavy atom. The van der Waals surface area contributed by atoms with E-state index in [1.54, 1.807) is 4.90 Å². The number of hydrogen-bond acceptors (Lipinski definition) is 3. The van der Waals surface area contributed by atoms with Crippen LogP contribution in [-0.4, -0.2) is 42.4 Å². The van der Waals surface area contributed by atoms with Gasteiger partial charge in [0.15, 0.2) is 0 Å². The molecule has 6 heteroatoms. The van der Waals surface area contributed by atoms with Gasteiger partial charge < -0.3 is 15.5 Å². The summed E-state index contributed by atoms with van der Waals surface area (Å²) in [5, 5.41) is 5.72. The van der Waals surface area contributed by atoms with Crippen LogP contribution < -0.4 is 10.6 Å². The van der Waals surface area contributed by atoms with Crippen molar-refractivity contribution < 1.29 is 14.0 Å². The van der Waals surface area contributed by atoms with Crippen LogP contribution in [-0.2, 0) is 9.59 Å². The van der Waals surface area contributed by atoms with E-state index in [1.165, 1.54) is 24.3 Å². The van der Waals surface area contributed by atoms with E-state index in [0.29, 0.717) is 18.8 Å². The van der Waals surface area contributed by atoms with Crippen LogP contribution in [0, 0.1) is 11.7 Å². The highest BCUT2D eigenvalue weighted by Crippen LogP contribution is 2.12. The Balaban J connectivity index is 1.94. The zero-order valence-electron chi connectivity index (χ0n) is 12.2. The molecule has 2 N–H and O–H groups in total. The Kier molecular flexibility index (Phi) is 4.90. The lowest BCUT2D eigenvalue weighted by molar-refractivity contribution is -0.141. The van der Waals surface area contributed by atoms with Gasteiger partial charge in [0.1, 0.15) is 12.4 Å². The van der Waals surface area contributed by atoms with E-state index in [2.05, 4.69) is 10.6 Å². The fourth-order valence-electron chi connectivity index (χ4n) is 2.10. The third kappa shape index (κ3) is 4.01. The van der Waals surface area contributed by atoms with Gasteiger partial charge in [-0.05, 0) is 38.1 Å². The molecule has 0 unspecified atom stereocenters. The second kappa shape index (κ2) is 6.67. The monoisotopic (exact) mass is 293 g/mol. The molecule has 1 heterocycles. The maximum Gasteiger partial charge on any atom is 0.244 e. The highest BCUT2D eigenvalue weighted by atomic mass is 19.1. The SMILES string of the molecule is CC(C)N(CC(=O)Nc1ccc(F)cc1)C(=O)C1CNC1. The number of rotatable bonds is 5. The van der Waals surface area contributed by atoms with E-state index < -0.39 is 0 Å². The summed E-state index contributed by atoms with van der Waals surface area (Å²) in [5.74, 6) is -0.676. The van der Waals surface area contributed by atoms with E-state index in [-0.39, 0.29) is 36.1 Å². The van der Waals surface area contributed by atoms with Gasteiger partial charge >= 0.3 is 0 Å². The number of halogens is 1. The Bertz CT molecular complexity index is 512. The molecular formula is C15H20FN3O2. The van der Waals surface area contributed by atoms with E-state index in [4.69, 9.17) is 0 Å². The summed E-state index contributed by atoms with van der Waals surface area (Å²) >= 11 is 0. The van der Waals surface area contributed by atoms with Crippen LogP contribution in [0.15, 0.2) is 24.3 Å². The summed E-state index contributed by atoms with van der Waals surface area (Å²) in [4.78, 5) is 25.9. The normalized spacial score (nSPS) is 14.7. The molecule has 1 fully saturated rings. The smallest absolute Gasteiger partial charge is 0.244 e. The Labute approximate surface area is 123 Å². The van der Waals surface area contributed by atoms with Gasteiger partial charge in [0.05, 0.1) is 5.92 Å². The zero-order valence-corrected chi connectivity index (χ0v) is 12.2. The van der Waals surface area contributed by atoms with E-state index in [0.717, 1.165) is 0 Å². The van der Waals surface area contributed by atoms with Gasteiger partial charge in [-0.3, -0.25) is 9.59 Å². The highest BCUT2D eigenvalue weighted by molar-refractivity contribution is 5.95. The number of carbonyl (C=O) groups excluding carboxylic acids is 2. The number of hydrogen-bond donors (Lipinski definition) is 2. The van der Waals surface area contributed by atoms with Crippen molar-refractivity contribution >= 4 is 17.5 Å². The molecule has 0 atom stereocenters. The van der Waals surface area contributed by atoms with Crippen LogP contribution >= 0.6 is 0 Å².